The van der Waals surface area contributed by atoms with Crippen molar-refractivity contribution in [3.05, 3.63) is 11.7 Å². The first-order valence-electron chi connectivity index (χ1n) is 9.60. The molecule has 2 aliphatic rings. The molecule has 27 heavy (non-hydrogen) atoms. The van der Waals surface area contributed by atoms with Crippen molar-refractivity contribution in [2.45, 2.75) is 68.9 Å². The van der Waals surface area contributed by atoms with Crippen LogP contribution in [0.4, 0.5) is 0 Å². The average molecular weight is 403 g/mol. The minimum Gasteiger partial charge on any atom is -0.382 e. The fraction of sp³-hybridized carbons (Fsp3) is 0.833. The predicted molar refractivity (Wildman–Crippen MR) is 102 cm³/mol. The molecule has 1 aromatic rings. The zero-order valence-corrected chi connectivity index (χ0v) is 16.8. The number of carbonyl (C=O) groups excluding carboxylic acids is 1. The molecule has 9 heteroatoms. The van der Waals surface area contributed by atoms with Crippen molar-refractivity contribution < 1.29 is 18.8 Å². The molecule has 0 unspecified atom stereocenters. The van der Waals surface area contributed by atoms with Gasteiger partial charge in [0.05, 0.1) is 18.8 Å². The summed E-state index contributed by atoms with van der Waals surface area (Å²) >= 11 is 0. The van der Waals surface area contributed by atoms with Crippen LogP contribution in [0.3, 0.4) is 0 Å². The molecule has 0 saturated heterocycles. The molecule has 154 valence electrons. The number of nitrogens with zero attached hydrogens (tertiary/aromatic N) is 2. The van der Waals surface area contributed by atoms with Crippen molar-refractivity contribution in [2.75, 3.05) is 26.9 Å². The van der Waals surface area contributed by atoms with Gasteiger partial charge in [-0.1, -0.05) is 18.0 Å². The van der Waals surface area contributed by atoms with Crippen LogP contribution in [0.5, 0.6) is 0 Å². The summed E-state index contributed by atoms with van der Waals surface area (Å²) in [5, 5.41) is 7.19. The van der Waals surface area contributed by atoms with Crippen LogP contribution in [0.1, 0.15) is 69.0 Å². The molecule has 2 aliphatic carbocycles. The Morgan fingerprint density at radius 2 is 1.96 bits per heavy atom. The lowest BCUT2D eigenvalue weighted by Crippen LogP contribution is -2.39. The van der Waals surface area contributed by atoms with Crippen LogP contribution < -0.4 is 11.1 Å². The largest absolute Gasteiger partial charge is 0.382 e. The first kappa shape index (κ1) is 22.1. The molecule has 0 aliphatic heterocycles. The van der Waals surface area contributed by atoms with Crippen LogP contribution in [-0.2, 0) is 19.8 Å². The molecule has 0 radical (unpaired) electrons. The molecule has 0 spiro atoms. The number of hydrogen-bond acceptors (Lipinski definition) is 7. The Labute approximate surface area is 166 Å². The van der Waals surface area contributed by atoms with Gasteiger partial charge in [-0.2, -0.15) is 4.98 Å². The summed E-state index contributed by atoms with van der Waals surface area (Å²) in [6.45, 7) is 1.00. The van der Waals surface area contributed by atoms with E-state index in [2.05, 4.69) is 15.5 Å². The van der Waals surface area contributed by atoms with E-state index < -0.39 is 5.54 Å². The van der Waals surface area contributed by atoms with Crippen molar-refractivity contribution in [2.24, 2.45) is 5.73 Å². The Bertz CT molecular complexity index is 584. The SMILES string of the molecule is COCCOCC(=O)NC1CCC(c2nc(C3(N)CCCC3)no2)CC1.Cl. The van der Waals surface area contributed by atoms with E-state index in [1.165, 1.54) is 0 Å². The highest BCUT2D eigenvalue weighted by molar-refractivity contribution is 5.85. The summed E-state index contributed by atoms with van der Waals surface area (Å²) in [5.74, 6) is 1.54. The van der Waals surface area contributed by atoms with E-state index in [0.717, 1.165) is 51.4 Å². The number of methoxy groups -OCH3 is 1. The number of carbonyl (C=O) groups is 1. The van der Waals surface area contributed by atoms with Crippen LogP contribution in [0.2, 0.25) is 0 Å². The third-order valence-electron chi connectivity index (χ3n) is 5.49. The van der Waals surface area contributed by atoms with Gasteiger partial charge in [0, 0.05) is 19.1 Å². The summed E-state index contributed by atoms with van der Waals surface area (Å²) in [6, 6.07) is 0.183. The van der Waals surface area contributed by atoms with E-state index in [9.17, 15) is 4.79 Å². The first-order chi connectivity index (χ1) is 12.6. The number of aromatic nitrogens is 2. The van der Waals surface area contributed by atoms with E-state index in [-0.39, 0.29) is 36.9 Å². The van der Waals surface area contributed by atoms with Gasteiger partial charge in [0.1, 0.15) is 6.61 Å². The Morgan fingerprint density at radius 3 is 2.63 bits per heavy atom. The molecule has 0 bridgehead atoms. The second-order valence-corrected chi connectivity index (χ2v) is 7.48. The Hall–Kier alpha value is -1.22. The molecule has 0 aromatic carbocycles. The predicted octanol–water partition coefficient (Wildman–Crippen LogP) is 2.02. The lowest BCUT2D eigenvalue weighted by atomic mass is 9.86. The van der Waals surface area contributed by atoms with E-state index in [1.807, 2.05) is 0 Å². The van der Waals surface area contributed by atoms with Crippen molar-refractivity contribution in [1.29, 1.82) is 0 Å². The monoisotopic (exact) mass is 402 g/mol. The maximum absolute atomic E-state index is 11.9. The molecule has 1 aromatic heterocycles. The van der Waals surface area contributed by atoms with E-state index in [4.69, 9.17) is 19.7 Å². The molecule has 2 fully saturated rings. The Balaban J connectivity index is 0.00000261. The summed E-state index contributed by atoms with van der Waals surface area (Å²) in [4.78, 5) is 16.5. The molecule has 1 amide bonds. The number of rotatable bonds is 8. The van der Waals surface area contributed by atoms with Crippen LogP contribution >= 0.6 is 12.4 Å². The molecule has 2 saturated carbocycles. The van der Waals surface area contributed by atoms with E-state index in [1.54, 1.807) is 7.11 Å². The second-order valence-electron chi connectivity index (χ2n) is 7.48. The highest BCUT2D eigenvalue weighted by Crippen LogP contribution is 2.37. The lowest BCUT2D eigenvalue weighted by molar-refractivity contribution is -0.127. The summed E-state index contributed by atoms with van der Waals surface area (Å²) in [7, 11) is 1.61. The van der Waals surface area contributed by atoms with Crippen molar-refractivity contribution in [3.8, 4) is 0 Å². The highest BCUT2D eigenvalue weighted by Gasteiger charge is 2.37. The number of nitrogens with one attached hydrogen (secondary N) is 1. The van der Waals surface area contributed by atoms with Crippen LogP contribution in [0, 0.1) is 0 Å². The molecule has 1 heterocycles. The molecule has 0 atom stereocenters. The van der Waals surface area contributed by atoms with Gasteiger partial charge in [-0.05, 0) is 38.5 Å². The van der Waals surface area contributed by atoms with Crippen molar-refractivity contribution in [1.82, 2.24) is 15.5 Å². The molecule has 3 rings (SSSR count). The summed E-state index contributed by atoms with van der Waals surface area (Å²) in [5.41, 5.74) is 6.00. The number of ether oxygens (including phenoxy) is 2. The normalized spacial score (nSPS) is 24.4. The zero-order chi connectivity index (χ0) is 18.4. The third-order valence-corrected chi connectivity index (χ3v) is 5.49. The van der Waals surface area contributed by atoms with Crippen LogP contribution in [-0.4, -0.2) is 49.0 Å². The lowest BCUT2D eigenvalue weighted by Gasteiger charge is -2.27. The van der Waals surface area contributed by atoms with Gasteiger partial charge in [-0.25, -0.2) is 0 Å². The highest BCUT2D eigenvalue weighted by atomic mass is 35.5. The van der Waals surface area contributed by atoms with Crippen molar-refractivity contribution in [3.63, 3.8) is 0 Å². The van der Waals surface area contributed by atoms with Crippen molar-refractivity contribution >= 4 is 18.3 Å². The molecular formula is C18H31ClN4O4. The van der Waals surface area contributed by atoms with Gasteiger partial charge < -0.3 is 25.0 Å². The number of amides is 1. The van der Waals surface area contributed by atoms with Gasteiger partial charge in [-0.15, -0.1) is 12.4 Å². The fourth-order valence-corrected chi connectivity index (χ4v) is 3.89. The van der Waals surface area contributed by atoms with Gasteiger partial charge in [0.25, 0.3) is 0 Å². The maximum Gasteiger partial charge on any atom is 0.246 e. The quantitative estimate of drug-likeness (QED) is 0.639. The molecule has 3 N–H and O–H groups in total. The standard InChI is InChI=1S/C18H30N4O4.ClH/c1-24-10-11-25-12-15(23)20-14-6-4-13(5-7-14)16-21-17(22-26-16)18(19)8-2-3-9-18;/h13-14H,2-12,19H2,1H3,(H,20,23);1H. The Kier molecular flexibility index (Phi) is 8.47. The first-order valence-corrected chi connectivity index (χ1v) is 9.60. The Morgan fingerprint density at radius 1 is 1.26 bits per heavy atom. The minimum absolute atomic E-state index is 0. The molecule has 8 nitrogen and oxygen atoms in total. The second kappa shape index (κ2) is 10.4. The van der Waals surface area contributed by atoms with E-state index >= 15 is 0 Å². The third kappa shape index (κ3) is 5.88. The van der Waals surface area contributed by atoms with E-state index in [0.29, 0.717) is 24.9 Å². The minimum atomic E-state index is -0.407. The maximum atomic E-state index is 11.9. The van der Waals surface area contributed by atoms with Gasteiger partial charge in [-0.3, -0.25) is 4.79 Å². The summed E-state index contributed by atoms with van der Waals surface area (Å²) in [6.07, 6.45) is 7.76. The summed E-state index contributed by atoms with van der Waals surface area (Å²) < 4.78 is 15.6. The smallest absolute Gasteiger partial charge is 0.246 e. The topological polar surface area (TPSA) is 112 Å². The molecular weight excluding hydrogens is 372 g/mol. The fourth-order valence-electron chi connectivity index (χ4n) is 3.89. The zero-order valence-electron chi connectivity index (χ0n) is 15.9. The van der Waals surface area contributed by atoms with Gasteiger partial charge in [0.2, 0.25) is 11.8 Å². The number of nitrogens with two attached hydrogens (primary N) is 1. The van der Waals surface area contributed by atoms with Crippen LogP contribution in [0.25, 0.3) is 0 Å². The average Bonchev–Trinajstić information content (AvgIpc) is 3.30. The van der Waals surface area contributed by atoms with Gasteiger partial charge >= 0.3 is 0 Å². The number of halogens is 1. The van der Waals surface area contributed by atoms with Gasteiger partial charge in [0.15, 0.2) is 5.82 Å². The number of hydrogen-bond donors (Lipinski definition) is 2. The van der Waals surface area contributed by atoms with Crippen LogP contribution in [0.15, 0.2) is 4.52 Å².